The van der Waals surface area contributed by atoms with E-state index in [0.29, 0.717) is 25.2 Å². The number of nitrogens with one attached hydrogen (secondary N) is 1. The normalized spacial score (nSPS) is 13.2. The van der Waals surface area contributed by atoms with Crippen LogP contribution in [0.5, 0.6) is 0 Å². The number of aliphatic hydroxyl groups is 1. The number of aliphatic hydroxyl groups excluding tert-OH is 1. The van der Waals surface area contributed by atoms with Gasteiger partial charge in [-0.05, 0) is 80.1 Å². The SMILES string of the molecule is CCCN(CCC)C(=O)c1cc(C)cc(C(=O)N[C@H](Cc2cc(F)cc(F)c2)[C@H](O)C(C)N(CC#N)Cc2ccccc2)c1. The van der Waals surface area contributed by atoms with Crippen molar-refractivity contribution in [2.24, 2.45) is 0 Å². The third-order valence-corrected chi connectivity index (χ3v) is 7.54. The molecule has 2 N–H and O–H groups in total. The molecule has 9 heteroatoms. The summed E-state index contributed by atoms with van der Waals surface area (Å²) < 4.78 is 28.2. The van der Waals surface area contributed by atoms with Crippen LogP contribution in [0.4, 0.5) is 8.78 Å². The Morgan fingerprint density at radius 2 is 1.55 bits per heavy atom. The number of hydrogen-bond acceptors (Lipinski definition) is 5. The highest BCUT2D eigenvalue weighted by molar-refractivity contribution is 6.00. The molecule has 7 nitrogen and oxygen atoms in total. The van der Waals surface area contributed by atoms with Crippen LogP contribution in [0.1, 0.15) is 71.0 Å². The summed E-state index contributed by atoms with van der Waals surface area (Å²) in [5, 5.41) is 24.0. The van der Waals surface area contributed by atoms with Crippen LogP contribution in [0.25, 0.3) is 0 Å². The van der Waals surface area contributed by atoms with Gasteiger partial charge < -0.3 is 15.3 Å². The smallest absolute Gasteiger partial charge is 0.253 e. The van der Waals surface area contributed by atoms with Gasteiger partial charge in [-0.15, -0.1) is 0 Å². The second-order valence-corrected chi connectivity index (χ2v) is 11.2. The summed E-state index contributed by atoms with van der Waals surface area (Å²) in [5.41, 5.74) is 2.53. The molecule has 0 aliphatic heterocycles. The number of benzene rings is 3. The van der Waals surface area contributed by atoms with Crippen molar-refractivity contribution in [1.82, 2.24) is 15.1 Å². The van der Waals surface area contributed by atoms with Crippen molar-refractivity contribution in [2.45, 2.75) is 71.7 Å². The molecule has 0 aromatic heterocycles. The summed E-state index contributed by atoms with van der Waals surface area (Å²) >= 11 is 0. The van der Waals surface area contributed by atoms with Gasteiger partial charge in [-0.1, -0.05) is 44.2 Å². The molecule has 3 rings (SSSR count). The summed E-state index contributed by atoms with van der Waals surface area (Å²) in [6.07, 6.45) is 0.306. The highest BCUT2D eigenvalue weighted by Gasteiger charge is 2.31. The van der Waals surface area contributed by atoms with Crippen LogP contribution in [0.15, 0.2) is 66.7 Å². The third-order valence-electron chi connectivity index (χ3n) is 7.54. The first-order valence-corrected chi connectivity index (χ1v) is 15.1. The molecule has 2 amide bonds. The molecule has 0 saturated heterocycles. The third kappa shape index (κ3) is 9.69. The van der Waals surface area contributed by atoms with Crippen LogP contribution in [0, 0.1) is 29.9 Å². The van der Waals surface area contributed by atoms with Crippen LogP contribution >= 0.6 is 0 Å². The Labute approximate surface area is 259 Å². The van der Waals surface area contributed by atoms with Crippen molar-refractivity contribution in [2.75, 3.05) is 19.6 Å². The molecule has 0 spiro atoms. The lowest BCUT2D eigenvalue weighted by Crippen LogP contribution is -2.54. The molecule has 0 aliphatic carbocycles. The Kier molecular flexibility index (Phi) is 13.0. The van der Waals surface area contributed by atoms with Crippen molar-refractivity contribution in [3.63, 3.8) is 0 Å². The quantitative estimate of drug-likeness (QED) is 0.219. The fourth-order valence-corrected chi connectivity index (χ4v) is 5.37. The van der Waals surface area contributed by atoms with Gasteiger partial charge in [-0.2, -0.15) is 5.26 Å². The first-order valence-electron chi connectivity index (χ1n) is 15.1. The van der Waals surface area contributed by atoms with Gasteiger partial charge in [0.25, 0.3) is 11.8 Å². The lowest BCUT2D eigenvalue weighted by atomic mass is 9.95. The number of carbonyl (C=O) groups excluding carboxylic acids is 2. The molecule has 0 fully saturated rings. The van der Waals surface area contributed by atoms with E-state index in [-0.39, 0.29) is 30.0 Å². The number of nitrogens with zero attached hydrogens (tertiary/aromatic N) is 3. The maximum atomic E-state index is 14.1. The zero-order valence-corrected chi connectivity index (χ0v) is 25.9. The van der Waals surface area contributed by atoms with Gasteiger partial charge in [-0.25, -0.2) is 8.78 Å². The number of halogens is 2. The molecule has 0 radical (unpaired) electrons. The van der Waals surface area contributed by atoms with Gasteiger partial charge in [0.05, 0.1) is 24.8 Å². The van der Waals surface area contributed by atoms with E-state index in [0.717, 1.165) is 42.2 Å². The first kappa shape index (κ1) is 34.4. The van der Waals surface area contributed by atoms with Crippen LogP contribution in [-0.2, 0) is 13.0 Å². The molecule has 0 aliphatic rings. The number of rotatable bonds is 15. The van der Waals surface area contributed by atoms with Gasteiger partial charge in [-0.3, -0.25) is 14.5 Å². The maximum absolute atomic E-state index is 14.1. The van der Waals surface area contributed by atoms with E-state index in [4.69, 9.17) is 0 Å². The van der Waals surface area contributed by atoms with Gasteiger partial charge in [0.1, 0.15) is 11.6 Å². The highest BCUT2D eigenvalue weighted by atomic mass is 19.1. The molecule has 0 heterocycles. The lowest BCUT2D eigenvalue weighted by molar-refractivity contribution is 0.0323. The standard InChI is InChI=1S/C35H42F2N4O3/c1-5-13-40(14-6-2)35(44)29-17-24(3)16-28(21-29)34(43)39-32(20-27-18-30(36)22-31(37)19-27)33(42)25(4)41(15-12-38)23-26-10-8-7-9-11-26/h7-11,16-19,21-22,25,32-33,42H,5-6,13-15,20,23H2,1-4H3,(H,39,43)/t25?,32-,33-/m1/s1. The zero-order chi connectivity index (χ0) is 32.2. The zero-order valence-electron chi connectivity index (χ0n) is 25.9. The summed E-state index contributed by atoms with van der Waals surface area (Å²) in [6, 6.07) is 18.0. The predicted molar refractivity (Wildman–Crippen MR) is 167 cm³/mol. The van der Waals surface area contributed by atoms with E-state index in [1.807, 2.05) is 44.2 Å². The van der Waals surface area contributed by atoms with Crippen LogP contribution < -0.4 is 5.32 Å². The molecular formula is C35H42F2N4O3. The van der Waals surface area contributed by atoms with E-state index < -0.39 is 35.7 Å². The van der Waals surface area contributed by atoms with Crippen LogP contribution in [-0.4, -0.2) is 64.5 Å². The molecule has 0 saturated carbocycles. The second kappa shape index (κ2) is 16.6. The number of nitriles is 1. The predicted octanol–water partition coefficient (Wildman–Crippen LogP) is 5.65. The molecular weight excluding hydrogens is 562 g/mol. The largest absolute Gasteiger partial charge is 0.389 e. The summed E-state index contributed by atoms with van der Waals surface area (Å²) in [5.74, 6) is -2.25. The average molecular weight is 605 g/mol. The molecule has 234 valence electrons. The number of hydrogen-bond donors (Lipinski definition) is 2. The Balaban J connectivity index is 1.93. The molecule has 3 aromatic carbocycles. The number of carbonyl (C=O) groups is 2. The molecule has 1 unspecified atom stereocenters. The highest BCUT2D eigenvalue weighted by Crippen LogP contribution is 2.19. The van der Waals surface area contributed by atoms with E-state index in [1.54, 1.807) is 35.8 Å². The van der Waals surface area contributed by atoms with Crippen molar-refractivity contribution < 1.29 is 23.5 Å². The molecule has 0 bridgehead atoms. The average Bonchev–Trinajstić information content (AvgIpc) is 2.99. The fourth-order valence-electron chi connectivity index (χ4n) is 5.37. The van der Waals surface area contributed by atoms with E-state index in [2.05, 4.69) is 11.4 Å². The fraction of sp³-hybridized carbons (Fsp3) is 0.400. The van der Waals surface area contributed by atoms with Gasteiger partial charge in [0.15, 0.2) is 0 Å². The summed E-state index contributed by atoms with van der Waals surface area (Å²) in [4.78, 5) is 30.5. The number of aryl methyl sites for hydroxylation is 1. The lowest BCUT2D eigenvalue weighted by Gasteiger charge is -2.35. The van der Waals surface area contributed by atoms with E-state index >= 15 is 0 Å². The van der Waals surface area contributed by atoms with Gasteiger partial charge >= 0.3 is 0 Å². The molecule has 3 aromatic rings. The van der Waals surface area contributed by atoms with Crippen molar-refractivity contribution in [3.05, 3.63) is 106 Å². The first-order chi connectivity index (χ1) is 21.1. The van der Waals surface area contributed by atoms with E-state index in [9.17, 15) is 28.7 Å². The minimum absolute atomic E-state index is 0.0117. The number of amides is 2. The van der Waals surface area contributed by atoms with Crippen LogP contribution in [0.2, 0.25) is 0 Å². The minimum atomic E-state index is -1.22. The minimum Gasteiger partial charge on any atom is -0.389 e. The topological polar surface area (TPSA) is 96.7 Å². The molecule has 3 atom stereocenters. The van der Waals surface area contributed by atoms with Gasteiger partial charge in [0, 0.05) is 42.9 Å². The molecule has 44 heavy (non-hydrogen) atoms. The maximum Gasteiger partial charge on any atom is 0.253 e. The van der Waals surface area contributed by atoms with Crippen molar-refractivity contribution >= 4 is 11.8 Å². The van der Waals surface area contributed by atoms with Crippen molar-refractivity contribution in [1.29, 1.82) is 5.26 Å². The van der Waals surface area contributed by atoms with Gasteiger partial charge in [0.2, 0.25) is 0 Å². The second-order valence-electron chi connectivity index (χ2n) is 11.2. The Morgan fingerprint density at radius 1 is 0.932 bits per heavy atom. The van der Waals surface area contributed by atoms with E-state index in [1.165, 1.54) is 6.07 Å². The van der Waals surface area contributed by atoms with Crippen LogP contribution in [0.3, 0.4) is 0 Å². The summed E-state index contributed by atoms with van der Waals surface area (Å²) in [7, 11) is 0. The Morgan fingerprint density at radius 3 is 2.14 bits per heavy atom. The Bertz CT molecular complexity index is 1420. The Hall–Kier alpha value is -4.13. The van der Waals surface area contributed by atoms with Crippen molar-refractivity contribution in [3.8, 4) is 6.07 Å². The monoisotopic (exact) mass is 604 g/mol. The summed E-state index contributed by atoms with van der Waals surface area (Å²) in [6.45, 7) is 9.12.